The maximum Gasteiger partial charge on any atom is 0.410 e. The minimum Gasteiger partial charge on any atom is -0.465 e. The van der Waals surface area contributed by atoms with Gasteiger partial charge in [0.15, 0.2) is 0 Å². The topological polar surface area (TPSA) is 195 Å². The molecule has 1 atom stereocenters. The second kappa shape index (κ2) is 19.1. The van der Waals surface area contributed by atoms with E-state index >= 15 is 0 Å². The van der Waals surface area contributed by atoms with Gasteiger partial charge >= 0.3 is 24.0 Å². The standard InChI is InChI=1S/C32H41N3O13/c1-5-43-28(36)20-34(32(39)46-8-4)19-27(47-16-15-42-14-13-33-29(30(37)44-6-2)31(38)45-7-3)23-17-22-21-11-9-10-12-25(21)48-26(22)18-24(23)35(40)41/h9-12,17-18,27,29,33H,5-8,13-16,19-20H2,1-4H3. The molecular formula is C32H41N3O13. The molecule has 0 bridgehead atoms. The smallest absolute Gasteiger partial charge is 0.410 e. The number of nitro benzene ring substituents is 1. The Balaban J connectivity index is 1.82. The van der Waals surface area contributed by atoms with Crippen molar-refractivity contribution in [3.05, 3.63) is 52.1 Å². The number of para-hydroxylation sites is 1. The summed E-state index contributed by atoms with van der Waals surface area (Å²) in [4.78, 5) is 62.4. The Bertz CT molecular complexity index is 1540. The zero-order valence-electron chi connectivity index (χ0n) is 27.4. The third-order valence-electron chi connectivity index (χ3n) is 6.79. The third-order valence-corrected chi connectivity index (χ3v) is 6.79. The van der Waals surface area contributed by atoms with E-state index in [4.69, 9.17) is 32.8 Å². The first-order chi connectivity index (χ1) is 23.1. The van der Waals surface area contributed by atoms with E-state index in [9.17, 15) is 29.3 Å². The molecular weight excluding hydrogens is 634 g/mol. The number of rotatable bonds is 20. The molecule has 48 heavy (non-hydrogen) atoms. The van der Waals surface area contributed by atoms with Crippen LogP contribution in [0.25, 0.3) is 21.9 Å². The molecule has 3 rings (SSSR count). The minimum absolute atomic E-state index is 0.0103. The average molecular weight is 676 g/mol. The van der Waals surface area contributed by atoms with Crippen molar-refractivity contribution in [2.24, 2.45) is 0 Å². The van der Waals surface area contributed by atoms with Gasteiger partial charge in [0, 0.05) is 17.3 Å². The third kappa shape index (κ3) is 10.4. The summed E-state index contributed by atoms with van der Waals surface area (Å²) in [5.41, 5.74) is 0.632. The van der Waals surface area contributed by atoms with Crippen molar-refractivity contribution in [1.29, 1.82) is 0 Å². The average Bonchev–Trinajstić information content (AvgIpc) is 3.42. The summed E-state index contributed by atoms with van der Waals surface area (Å²) in [7, 11) is 0. The molecule has 0 radical (unpaired) electrons. The minimum atomic E-state index is -1.32. The van der Waals surface area contributed by atoms with Crippen LogP contribution in [0.5, 0.6) is 0 Å². The molecule has 0 saturated heterocycles. The number of ether oxygens (including phenoxy) is 6. The lowest BCUT2D eigenvalue weighted by atomic mass is 10.0. The molecule has 1 aromatic heterocycles. The van der Waals surface area contributed by atoms with Crippen molar-refractivity contribution in [2.45, 2.75) is 39.8 Å². The molecule has 0 aliphatic carbocycles. The largest absolute Gasteiger partial charge is 0.465 e. The molecule has 1 amide bonds. The highest BCUT2D eigenvalue weighted by atomic mass is 16.6. The lowest BCUT2D eigenvalue weighted by Gasteiger charge is -2.26. The van der Waals surface area contributed by atoms with Crippen molar-refractivity contribution in [1.82, 2.24) is 10.2 Å². The molecule has 0 aliphatic rings. The van der Waals surface area contributed by atoms with Crippen LogP contribution in [0.3, 0.4) is 0 Å². The van der Waals surface area contributed by atoms with E-state index in [-0.39, 0.29) is 70.6 Å². The summed E-state index contributed by atoms with van der Waals surface area (Å²) >= 11 is 0. The number of benzene rings is 2. The molecule has 16 heteroatoms. The number of carbonyl (C=O) groups is 4. The molecule has 1 heterocycles. The molecule has 0 saturated carbocycles. The van der Waals surface area contributed by atoms with Crippen LogP contribution in [0.4, 0.5) is 10.5 Å². The molecule has 0 fully saturated rings. The van der Waals surface area contributed by atoms with Crippen LogP contribution in [0.15, 0.2) is 40.8 Å². The van der Waals surface area contributed by atoms with E-state index in [0.717, 1.165) is 10.3 Å². The summed E-state index contributed by atoms with van der Waals surface area (Å²) in [6.45, 7) is 5.96. The molecule has 2 aromatic carbocycles. The number of nitrogens with zero attached hydrogens (tertiary/aromatic N) is 2. The van der Waals surface area contributed by atoms with Crippen LogP contribution < -0.4 is 5.32 Å². The Morgan fingerprint density at radius 3 is 2.17 bits per heavy atom. The lowest BCUT2D eigenvalue weighted by molar-refractivity contribution is -0.386. The van der Waals surface area contributed by atoms with Gasteiger partial charge in [0.1, 0.15) is 23.8 Å². The van der Waals surface area contributed by atoms with Gasteiger partial charge in [-0.05, 0) is 39.8 Å². The predicted octanol–water partition coefficient (Wildman–Crippen LogP) is 3.67. The second-order valence-electron chi connectivity index (χ2n) is 10.0. The molecule has 16 nitrogen and oxygen atoms in total. The summed E-state index contributed by atoms with van der Waals surface area (Å²) in [5, 5.41) is 16.3. The molecule has 262 valence electrons. The van der Waals surface area contributed by atoms with Gasteiger partial charge in [-0.25, -0.2) is 14.4 Å². The van der Waals surface area contributed by atoms with Gasteiger partial charge in [0.25, 0.3) is 5.69 Å². The number of nitrogens with one attached hydrogen (secondary N) is 1. The highest BCUT2D eigenvalue weighted by Gasteiger charge is 2.31. The fourth-order valence-electron chi connectivity index (χ4n) is 4.76. The Morgan fingerprint density at radius 2 is 1.52 bits per heavy atom. The normalized spacial score (nSPS) is 11.8. The number of hydrogen-bond donors (Lipinski definition) is 1. The van der Waals surface area contributed by atoms with Crippen LogP contribution in [0.1, 0.15) is 39.4 Å². The molecule has 1 unspecified atom stereocenters. The molecule has 0 spiro atoms. The van der Waals surface area contributed by atoms with E-state index in [0.29, 0.717) is 16.6 Å². The highest BCUT2D eigenvalue weighted by Crippen LogP contribution is 2.37. The molecule has 3 aromatic rings. The van der Waals surface area contributed by atoms with Crippen molar-refractivity contribution >= 4 is 51.6 Å². The van der Waals surface area contributed by atoms with Crippen LogP contribution >= 0.6 is 0 Å². The number of carbonyl (C=O) groups excluding carboxylic acids is 4. The van der Waals surface area contributed by atoms with E-state index in [1.165, 1.54) is 6.07 Å². The molecule has 0 aliphatic heterocycles. The fourth-order valence-corrected chi connectivity index (χ4v) is 4.76. The maximum atomic E-state index is 12.9. The van der Waals surface area contributed by atoms with Gasteiger partial charge in [-0.2, -0.15) is 0 Å². The number of fused-ring (bicyclic) bond motifs is 3. The fraction of sp³-hybridized carbons (Fsp3) is 0.500. The van der Waals surface area contributed by atoms with Gasteiger partial charge in [-0.3, -0.25) is 25.1 Å². The van der Waals surface area contributed by atoms with Crippen LogP contribution in [-0.4, -0.2) is 106 Å². The number of esters is 3. The van der Waals surface area contributed by atoms with Gasteiger partial charge in [-0.15, -0.1) is 0 Å². The van der Waals surface area contributed by atoms with Crippen molar-refractivity contribution < 1.29 is 56.9 Å². The first-order valence-corrected chi connectivity index (χ1v) is 15.6. The maximum absolute atomic E-state index is 12.9. The second-order valence-corrected chi connectivity index (χ2v) is 10.0. The molecule has 1 N–H and O–H groups in total. The van der Waals surface area contributed by atoms with Crippen molar-refractivity contribution in [3.63, 3.8) is 0 Å². The number of amides is 1. The first-order valence-electron chi connectivity index (χ1n) is 15.6. The van der Waals surface area contributed by atoms with Crippen molar-refractivity contribution in [3.8, 4) is 0 Å². The van der Waals surface area contributed by atoms with Crippen LogP contribution in [0, 0.1) is 10.1 Å². The van der Waals surface area contributed by atoms with Gasteiger partial charge in [-0.1, -0.05) is 18.2 Å². The lowest BCUT2D eigenvalue weighted by Crippen LogP contribution is -2.46. The zero-order chi connectivity index (χ0) is 35.1. The summed E-state index contributed by atoms with van der Waals surface area (Å²) < 4.78 is 37.6. The first kappa shape index (κ1) is 37.7. The quantitative estimate of drug-likeness (QED) is 0.0455. The van der Waals surface area contributed by atoms with Gasteiger partial charge in [0.05, 0.1) is 69.3 Å². The van der Waals surface area contributed by atoms with Gasteiger partial charge in [0.2, 0.25) is 6.04 Å². The summed E-state index contributed by atoms with van der Waals surface area (Å²) in [6, 6.07) is 8.69. The highest BCUT2D eigenvalue weighted by molar-refractivity contribution is 6.06. The SMILES string of the molecule is CCOC(=O)CN(CC(OCCOCCNC(C(=O)OCC)C(=O)OCC)c1cc2c(cc1[N+](=O)[O-])oc1ccccc12)C(=O)OCC. The number of furan rings is 1. The van der Waals surface area contributed by atoms with Gasteiger partial charge < -0.3 is 32.8 Å². The van der Waals surface area contributed by atoms with E-state index < -0.39 is 47.6 Å². The van der Waals surface area contributed by atoms with Crippen molar-refractivity contribution in [2.75, 3.05) is 65.9 Å². The Morgan fingerprint density at radius 1 is 0.854 bits per heavy atom. The van der Waals surface area contributed by atoms with E-state index in [2.05, 4.69) is 5.32 Å². The van der Waals surface area contributed by atoms with Crippen LogP contribution in [0.2, 0.25) is 0 Å². The number of nitro groups is 1. The van der Waals surface area contributed by atoms with E-state index in [1.54, 1.807) is 45.9 Å². The summed E-state index contributed by atoms with van der Waals surface area (Å²) in [5.74, 6) is -2.25. The zero-order valence-corrected chi connectivity index (χ0v) is 27.4. The Labute approximate surface area is 276 Å². The monoisotopic (exact) mass is 675 g/mol. The van der Waals surface area contributed by atoms with E-state index in [1.807, 2.05) is 12.1 Å². The Hall–Kier alpha value is -4.80. The predicted molar refractivity (Wildman–Crippen MR) is 170 cm³/mol. The Kier molecular flexibility index (Phi) is 15.0. The number of hydrogen-bond acceptors (Lipinski definition) is 14. The van der Waals surface area contributed by atoms with Crippen LogP contribution in [-0.2, 0) is 42.8 Å². The summed E-state index contributed by atoms with van der Waals surface area (Å²) in [6.07, 6.45) is -1.96.